The van der Waals surface area contributed by atoms with E-state index < -0.39 is 0 Å². The molecule has 3 N–H and O–H groups in total. The third-order valence-electron chi connectivity index (χ3n) is 2.78. The minimum Gasteiger partial charge on any atom is -0.383 e. The van der Waals surface area contributed by atoms with Gasteiger partial charge >= 0.3 is 0 Å². The lowest BCUT2D eigenvalue weighted by Gasteiger charge is -2.14. The molecule has 0 unspecified atom stereocenters. The zero-order valence-electron chi connectivity index (χ0n) is 14.0. The topological polar surface area (TPSA) is 57.7 Å². The molecule has 0 heterocycles. The summed E-state index contributed by atoms with van der Waals surface area (Å²) in [5.74, 6) is 0.856. The maximum atomic E-state index is 5.01. The van der Waals surface area contributed by atoms with Crippen molar-refractivity contribution in [2.24, 2.45) is 4.99 Å². The van der Waals surface area contributed by atoms with Crippen LogP contribution < -0.4 is 16.0 Å². The third-order valence-corrected chi connectivity index (χ3v) is 2.78. The SMILES string of the molecule is CCNC(=NCc1ccc(NCCOC)cc1)NC(C)C.I. The first-order chi connectivity index (χ1) is 10.2. The molecule has 0 spiro atoms. The lowest BCUT2D eigenvalue weighted by molar-refractivity contribution is 0.211. The molecule has 0 radical (unpaired) electrons. The van der Waals surface area contributed by atoms with Crippen LogP contribution in [0.1, 0.15) is 26.3 Å². The van der Waals surface area contributed by atoms with Crippen LogP contribution in [0.25, 0.3) is 0 Å². The summed E-state index contributed by atoms with van der Waals surface area (Å²) in [5, 5.41) is 9.85. The van der Waals surface area contributed by atoms with Crippen molar-refractivity contribution < 1.29 is 4.74 Å². The normalized spacial score (nSPS) is 11.0. The van der Waals surface area contributed by atoms with Gasteiger partial charge in [-0.25, -0.2) is 4.99 Å². The molecule has 0 aliphatic rings. The van der Waals surface area contributed by atoms with Gasteiger partial charge in [-0.2, -0.15) is 0 Å². The summed E-state index contributed by atoms with van der Waals surface area (Å²) < 4.78 is 5.01. The molecule has 126 valence electrons. The van der Waals surface area contributed by atoms with Crippen molar-refractivity contribution in [3.8, 4) is 0 Å². The zero-order valence-corrected chi connectivity index (χ0v) is 16.3. The van der Waals surface area contributed by atoms with Crippen LogP contribution >= 0.6 is 24.0 Å². The Morgan fingerprint density at radius 2 is 1.91 bits per heavy atom. The van der Waals surface area contributed by atoms with Crippen molar-refractivity contribution >= 4 is 35.6 Å². The number of aliphatic imine (C=N–C) groups is 1. The molecule has 0 aliphatic heterocycles. The number of nitrogens with one attached hydrogen (secondary N) is 3. The van der Waals surface area contributed by atoms with E-state index in [-0.39, 0.29) is 24.0 Å². The fourth-order valence-corrected chi connectivity index (χ4v) is 1.79. The molecule has 0 bridgehead atoms. The predicted molar refractivity (Wildman–Crippen MR) is 105 cm³/mol. The molecule has 1 aromatic rings. The monoisotopic (exact) mass is 420 g/mol. The maximum absolute atomic E-state index is 5.01. The highest BCUT2D eigenvalue weighted by atomic mass is 127. The van der Waals surface area contributed by atoms with Gasteiger partial charge in [0.1, 0.15) is 0 Å². The van der Waals surface area contributed by atoms with E-state index >= 15 is 0 Å². The van der Waals surface area contributed by atoms with E-state index in [0.717, 1.165) is 24.7 Å². The van der Waals surface area contributed by atoms with Crippen molar-refractivity contribution in [1.29, 1.82) is 0 Å². The molecule has 1 aromatic carbocycles. The molecule has 0 aliphatic carbocycles. The number of methoxy groups -OCH3 is 1. The lowest BCUT2D eigenvalue weighted by atomic mass is 10.2. The minimum atomic E-state index is 0. The summed E-state index contributed by atoms with van der Waals surface area (Å²) >= 11 is 0. The summed E-state index contributed by atoms with van der Waals surface area (Å²) in [7, 11) is 1.70. The Balaban J connectivity index is 0.00000441. The number of ether oxygens (including phenoxy) is 1. The van der Waals surface area contributed by atoms with Gasteiger partial charge in [0.05, 0.1) is 13.2 Å². The second-order valence-corrected chi connectivity index (χ2v) is 5.11. The number of guanidine groups is 1. The van der Waals surface area contributed by atoms with Crippen LogP contribution in [0.15, 0.2) is 29.3 Å². The average molecular weight is 420 g/mol. The molecule has 0 saturated heterocycles. The fourth-order valence-electron chi connectivity index (χ4n) is 1.79. The zero-order chi connectivity index (χ0) is 15.5. The Labute approximate surface area is 151 Å². The molecule has 0 aromatic heterocycles. The molecule has 0 atom stereocenters. The predicted octanol–water partition coefficient (Wildman–Crippen LogP) is 2.83. The molecular formula is C16H29IN4O. The van der Waals surface area contributed by atoms with Crippen molar-refractivity contribution in [2.75, 3.05) is 32.1 Å². The van der Waals surface area contributed by atoms with E-state index in [4.69, 9.17) is 4.74 Å². The second kappa shape index (κ2) is 12.5. The van der Waals surface area contributed by atoms with Crippen LogP contribution in [0.5, 0.6) is 0 Å². The summed E-state index contributed by atoms with van der Waals surface area (Å²) in [6.07, 6.45) is 0. The largest absolute Gasteiger partial charge is 0.383 e. The number of hydrogen-bond donors (Lipinski definition) is 3. The van der Waals surface area contributed by atoms with Crippen LogP contribution in [0, 0.1) is 0 Å². The molecule has 0 amide bonds. The van der Waals surface area contributed by atoms with Crippen LogP contribution in [0.4, 0.5) is 5.69 Å². The highest BCUT2D eigenvalue weighted by Crippen LogP contribution is 2.10. The highest BCUT2D eigenvalue weighted by molar-refractivity contribution is 14.0. The molecule has 5 nitrogen and oxygen atoms in total. The van der Waals surface area contributed by atoms with Gasteiger partial charge in [-0.1, -0.05) is 12.1 Å². The highest BCUT2D eigenvalue weighted by Gasteiger charge is 2.00. The van der Waals surface area contributed by atoms with E-state index in [0.29, 0.717) is 19.2 Å². The summed E-state index contributed by atoms with van der Waals surface area (Å²) in [5.41, 5.74) is 2.29. The van der Waals surface area contributed by atoms with Gasteiger partial charge in [0.2, 0.25) is 0 Å². The van der Waals surface area contributed by atoms with E-state index in [1.54, 1.807) is 7.11 Å². The van der Waals surface area contributed by atoms with Gasteiger partial charge in [-0.3, -0.25) is 0 Å². The van der Waals surface area contributed by atoms with Crippen molar-refractivity contribution in [1.82, 2.24) is 10.6 Å². The van der Waals surface area contributed by atoms with Crippen LogP contribution in [-0.4, -0.2) is 38.8 Å². The van der Waals surface area contributed by atoms with Crippen LogP contribution in [0.2, 0.25) is 0 Å². The Morgan fingerprint density at radius 1 is 1.23 bits per heavy atom. The molecule has 22 heavy (non-hydrogen) atoms. The van der Waals surface area contributed by atoms with Gasteiger partial charge in [0.15, 0.2) is 5.96 Å². The summed E-state index contributed by atoms with van der Waals surface area (Å²) in [4.78, 5) is 4.58. The Kier molecular flexibility index (Phi) is 11.9. The minimum absolute atomic E-state index is 0. The first-order valence-electron chi connectivity index (χ1n) is 7.52. The van der Waals surface area contributed by atoms with E-state index in [9.17, 15) is 0 Å². The van der Waals surface area contributed by atoms with E-state index in [1.807, 2.05) is 0 Å². The smallest absolute Gasteiger partial charge is 0.191 e. The first kappa shape index (κ1) is 21.0. The average Bonchev–Trinajstić information content (AvgIpc) is 2.46. The Bertz CT molecular complexity index is 421. The van der Waals surface area contributed by atoms with Gasteiger partial charge < -0.3 is 20.7 Å². The number of anilines is 1. The van der Waals surface area contributed by atoms with Gasteiger partial charge in [0.25, 0.3) is 0 Å². The molecule has 0 saturated carbocycles. The van der Waals surface area contributed by atoms with E-state index in [1.165, 1.54) is 5.56 Å². The first-order valence-corrected chi connectivity index (χ1v) is 7.52. The third kappa shape index (κ3) is 9.09. The summed E-state index contributed by atoms with van der Waals surface area (Å²) in [6, 6.07) is 8.71. The molecule has 6 heteroatoms. The fraction of sp³-hybridized carbons (Fsp3) is 0.562. The Morgan fingerprint density at radius 3 is 2.45 bits per heavy atom. The van der Waals surface area contributed by atoms with Crippen LogP contribution in [0.3, 0.4) is 0 Å². The molecule has 0 fully saturated rings. The second-order valence-electron chi connectivity index (χ2n) is 5.11. The van der Waals surface area contributed by atoms with E-state index in [2.05, 4.69) is 66.0 Å². The van der Waals surface area contributed by atoms with Crippen molar-refractivity contribution in [2.45, 2.75) is 33.4 Å². The molecule has 1 rings (SSSR count). The number of benzene rings is 1. The van der Waals surface area contributed by atoms with Crippen LogP contribution in [-0.2, 0) is 11.3 Å². The van der Waals surface area contributed by atoms with Crippen molar-refractivity contribution in [3.05, 3.63) is 29.8 Å². The van der Waals surface area contributed by atoms with Gasteiger partial charge in [-0.05, 0) is 38.5 Å². The number of halogens is 1. The maximum Gasteiger partial charge on any atom is 0.191 e. The number of hydrogen-bond acceptors (Lipinski definition) is 3. The molecular weight excluding hydrogens is 391 g/mol. The number of nitrogens with zero attached hydrogens (tertiary/aromatic N) is 1. The van der Waals surface area contributed by atoms with Gasteiger partial charge in [-0.15, -0.1) is 24.0 Å². The summed E-state index contributed by atoms with van der Waals surface area (Å²) in [6.45, 7) is 9.33. The number of rotatable bonds is 8. The van der Waals surface area contributed by atoms with Gasteiger partial charge in [0, 0.05) is 31.9 Å². The lowest BCUT2D eigenvalue weighted by Crippen LogP contribution is -2.40. The quantitative estimate of drug-likeness (QED) is 0.262. The standard InChI is InChI=1S/C16H28N4O.HI/c1-5-17-16(20-13(2)3)19-12-14-6-8-15(9-7-14)18-10-11-21-4;/h6-9,13,18H,5,10-12H2,1-4H3,(H2,17,19,20);1H. The Hall–Kier alpha value is -1.02. The van der Waals surface area contributed by atoms with Crippen molar-refractivity contribution in [3.63, 3.8) is 0 Å².